The van der Waals surface area contributed by atoms with Crippen molar-refractivity contribution in [2.45, 2.75) is 20.3 Å². The van der Waals surface area contributed by atoms with E-state index in [1.54, 1.807) is 24.3 Å². The number of aromatic carboxylic acids is 1. The van der Waals surface area contributed by atoms with E-state index in [0.29, 0.717) is 22.9 Å². The molecule has 0 atom stereocenters. The number of rotatable bonds is 4. The van der Waals surface area contributed by atoms with Gasteiger partial charge in [-0.3, -0.25) is 0 Å². The van der Waals surface area contributed by atoms with Crippen LogP contribution in [0.3, 0.4) is 0 Å². The lowest BCUT2D eigenvalue weighted by atomic mass is 10.2. The molecule has 1 N–H and O–H groups in total. The Labute approximate surface area is 122 Å². The molecular weight excluding hydrogens is 278 g/mol. The number of halogens is 1. The van der Waals surface area contributed by atoms with Gasteiger partial charge < -0.3 is 9.84 Å². The standard InChI is InChI=1S/C15H14ClNO3/c1-3-11-7-10(15(18)19)8-14(17-11)20-12-4-5-13(16)9(2)6-12/h4-8H,3H2,1-2H3,(H,18,19). The fourth-order valence-electron chi connectivity index (χ4n) is 1.72. The lowest BCUT2D eigenvalue weighted by Crippen LogP contribution is -2.01. The minimum Gasteiger partial charge on any atom is -0.478 e. The van der Waals surface area contributed by atoms with E-state index >= 15 is 0 Å². The Balaban J connectivity index is 2.34. The summed E-state index contributed by atoms with van der Waals surface area (Å²) in [6.45, 7) is 3.78. The van der Waals surface area contributed by atoms with Gasteiger partial charge in [0.2, 0.25) is 5.88 Å². The Kier molecular flexibility index (Phi) is 4.25. The molecule has 0 radical (unpaired) electrons. The normalized spacial score (nSPS) is 10.3. The summed E-state index contributed by atoms with van der Waals surface area (Å²) in [5.74, 6) is -0.160. The van der Waals surface area contributed by atoms with E-state index in [2.05, 4.69) is 4.98 Å². The van der Waals surface area contributed by atoms with Crippen LogP contribution in [0.1, 0.15) is 28.5 Å². The fraction of sp³-hybridized carbons (Fsp3) is 0.200. The van der Waals surface area contributed by atoms with Gasteiger partial charge in [-0.25, -0.2) is 9.78 Å². The summed E-state index contributed by atoms with van der Waals surface area (Å²) < 4.78 is 5.61. The minimum atomic E-state index is -1.00. The van der Waals surface area contributed by atoms with E-state index < -0.39 is 5.97 Å². The highest BCUT2D eigenvalue weighted by Gasteiger charge is 2.09. The number of benzene rings is 1. The quantitative estimate of drug-likeness (QED) is 0.921. The van der Waals surface area contributed by atoms with Gasteiger partial charge in [-0.05, 0) is 43.2 Å². The summed E-state index contributed by atoms with van der Waals surface area (Å²) >= 11 is 5.95. The van der Waals surface area contributed by atoms with Gasteiger partial charge in [0.1, 0.15) is 5.75 Å². The highest BCUT2D eigenvalue weighted by atomic mass is 35.5. The molecule has 0 spiro atoms. The molecule has 0 bridgehead atoms. The summed E-state index contributed by atoms with van der Waals surface area (Å²) in [5.41, 5.74) is 1.72. The topological polar surface area (TPSA) is 59.4 Å². The number of aromatic nitrogens is 1. The van der Waals surface area contributed by atoms with Gasteiger partial charge in [-0.2, -0.15) is 0 Å². The Morgan fingerprint density at radius 1 is 1.35 bits per heavy atom. The van der Waals surface area contributed by atoms with E-state index in [1.807, 2.05) is 13.8 Å². The second kappa shape index (κ2) is 5.92. The van der Waals surface area contributed by atoms with Gasteiger partial charge in [0, 0.05) is 16.8 Å². The second-order valence-corrected chi connectivity index (χ2v) is 4.76. The third-order valence-corrected chi connectivity index (χ3v) is 3.24. The van der Waals surface area contributed by atoms with E-state index in [-0.39, 0.29) is 11.4 Å². The first kappa shape index (κ1) is 14.3. The molecule has 1 aromatic carbocycles. The van der Waals surface area contributed by atoms with Crippen molar-refractivity contribution in [3.05, 3.63) is 52.2 Å². The molecule has 0 aliphatic carbocycles. The molecule has 1 aromatic heterocycles. The van der Waals surface area contributed by atoms with Crippen molar-refractivity contribution in [1.82, 2.24) is 4.98 Å². The molecule has 2 aromatic rings. The van der Waals surface area contributed by atoms with Crippen LogP contribution in [0.15, 0.2) is 30.3 Å². The summed E-state index contributed by atoms with van der Waals surface area (Å²) in [5, 5.41) is 9.73. The van der Waals surface area contributed by atoms with Crippen molar-refractivity contribution in [3.8, 4) is 11.6 Å². The van der Waals surface area contributed by atoms with Crippen LogP contribution in [0.4, 0.5) is 0 Å². The highest BCUT2D eigenvalue weighted by Crippen LogP contribution is 2.25. The average molecular weight is 292 g/mol. The lowest BCUT2D eigenvalue weighted by molar-refractivity contribution is 0.0696. The third-order valence-electron chi connectivity index (χ3n) is 2.82. The Morgan fingerprint density at radius 3 is 2.70 bits per heavy atom. The molecule has 0 aliphatic rings. The monoisotopic (exact) mass is 291 g/mol. The van der Waals surface area contributed by atoms with Gasteiger partial charge in [-0.15, -0.1) is 0 Å². The molecule has 0 aliphatic heterocycles. The maximum Gasteiger partial charge on any atom is 0.335 e. The summed E-state index contributed by atoms with van der Waals surface area (Å²) in [7, 11) is 0. The Morgan fingerprint density at radius 2 is 2.10 bits per heavy atom. The Hall–Kier alpha value is -2.07. The van der Waals surface area contributed by atoms with Crippen molar-refractivity contribution in [3.63, 3.8) is 0 Å². The number of pyridine rings is 1. The molecule has 0 saturated carbocycles. The summed E-state index contributed by atoms with van der Waals surface area (Å²) in [4.78, 5) is 15.3. The molecule has 5 heteroatoms. The van der Waals surface area contributed by atoms with Gasteiger partial charge >= 0.3 is 5.97 Å². The Bertz CT molecular complexity index is 656. The van der Waals surface area contributed by atoms with Crippen LogP contribution in [-0.2, 0) is 6.42 Å². The zero-order chi connectivity index (χ0) is 14.7. The molecule has 20 heavy (non-hydrogen) atoms. The predicted octanol–water partition coefficient (Wildman–Crippen LogP) is 4.10. The molecule has 4 nitrogen and oxygen atoms in total. The van der Waals surface area contributed by atoms with E-state index in [0.717, 1.165) is 5.56 Å². The van der Waals surface area contributed by atoms with Gasteiger partial charge in [0.05, 0.1) is 5.56 Å². The molecule has 0 unspecified atom stereocenters. The van der Waals surface area contributed by atoms with Crippen LogP contribution < -0.4 is 4.74 Å². The van der Waals surface area contributed by atoms with Crippen LogP contribution in [0.25, 0.3) is 0 Å². The summed E-state index contributed by atoms with van der Waals surface area (Å²) in [6.07, 6.45) is 0.636. The van der Waals surface area contributed by atoms with E-state index in [9.17, 15) is 4.79 Å². The summed E-state index contributed by atoms with van der Waals surface area (Å²) in [6, 6.07) is 8.18. The zero-order valence-electron chi connectivity index (χ0n) is 11.2. The van der Waals surface area contributed by atoms with Crippen LogP contribution in [0.2, 0.25) is 5.02 Å². The highest BCUT2D eigenvalue weighted by molar-refractivity contribution is 6.31. The van der Waals surface area contributed by atoms with Crippen LogP contribution in [0, 0.1) is 6.92 Å². The molecule has 104 valence electrons. The van der Waals surface area contributed by atoms with Crippen LogP contribution in [0.5, 0.6) is 11.6 Å². The van der Waals surface area contributed by atoms with E-state index in [1.165, 1.54) is 6.07 Å². The number of nitrogens with zero attached hydrogens (tertiary/aromatic N) is 1. The molecule has 0 saturated heterocycles. The van der Waals surface area contributed by atoms with Crippen LogP contribution in [-0.4, -0.2) is 16.1 Å². The average Bonchev–Trinajstić information content (AvgIpc) is 2.42. The maximum absolute atomic E-state index is 11.1. The predicted molar refractivity (Wildman–Crippen MR) is 76.8 cm³/mol. The van der Waals surface area contributed by atoms with Crippen molar-refractivity contribution in [2.24, 2.45) is 0 Å². The first-order valence-electron chi connectivity index (χ1n) is 6.18. The number of hydrogen-bond acceptors (Lipinski definition) is 3. The number of carbonyl (C=O) groups is 1. The fourth-order valence-corrected chi connectivity index (χ4v) is 1.84. The van der Waals surface area contributed by atoms with Gasteiger partial charge in [0.15, 0.2) is 0 Å². The number of ether oxygens (including phenoxy) is 1. The number of carboxylic acids is 1. The first-order valence-corrected chi connectivity index (χ1v) is 6.55. The number of aryl methyl sites for hydroxylation is 2. The smallest absolute Gasteiger partial charge is 0.335 e. The second-order valence-electron chi connectivity index (χ2n) is 4.36. The molecule has 0 amide bonds. The van der Waals surface area contributed by atoms with Crippen molar-refractivity contribution < 1.29 is 14.6 Å². The largest absolute Gasteiger partial charge is 0.478 e. The lowest BCUT2D eigenvalue weighted by Gasteiger charge is -2.08. The SMILES string of the molecule is CCc1cc(C(=O)O)cc(Oc2ccc(Cl)c(C)c2)n1. The number of hydrogen-bond donors (Lipinski definition) is 1. The van der Waals surface area contributed by atoms with Crippen LogP contribution >= 0.6 is 11.6 Å². The molecule has 1 heterocycles. The third kappa shape index (κ3) is 3.27. The molecule has 2 rings (SSSR count). The molecular formula is C15H14ClNO3. The number of carboxylic acid groups (broad SMARTS) is 1. The van der Waals surface area contributed by atoms with Crippen molar-refractivity contribution in [2.75, 3.05) is 0 Å². The first-order chi connectivity index (χ1) is 9.49. The maximum atomic E-state index is 11.1. The van der Waals surface area contributed by atoms with Gasteiger partial charge in [0.25, 0.3) is 0 Å². The van der Waals surface area contributed by atoms with E-state index in [4.69, 9.17) is 21.4 Å². The molecule has 0 fully saturated rings. The minimum absolute atomic E-state index is 0.164. The van der Waals surface area contributed by atoms with Crippen molar-refractivity contribution >= 4 is 17.6 Å². The zero-order valence-corrected chi connectivity index (χ0v) is 11.9. The van der Waals surface area contributed by atoms with Gasteiger partial charge in [-0.1, -0.05) is 18.5 Å². The van der Waals surface area contributed by atoms with Crippen molar-refractivity contribution in [1.29, 1.82) is 0 Å².